The summed E-state index contributed by atoms with van der Waals surface area (Å²) in [6.07, 6.45) is 6.71. The van der Waals surface area contributed by atoms with E-state index in [2.05, 4.69) is 40.8 Å². The molecule has 1 saturated carbocycles. The average molecular weight is 481 g/mol. The number of halogens is 1. The number of hydrogen-bond acceptors (Lipinski definition) is 3. The first-order valence-electron chi connectivity index (χ1n) is 11.5. The van der Waals surface area contributed by atoms with Gasteiger partial charge in [-0.05, 0) is 80.9 Å². The predicted molar refractivity (Wildman–Crippen MR) is 136 cm³/mol. The maximum atomic E-state index is 6.38. The van der Waals surface area contributed by atoms with E-state index >= 15 is 0 Å². The lowest BCUT2D eigenvalue weighted by molar-refractivity contribution is 0.245. The summed E-state index contributed by atoms with van der Waals surface area (Å²) in [5.41, 5.74) is 5.50. The Morgan fingerprint density at radius 2 is 1.91 bits per heavy atom. The van der Waals surface area contributed by atoms with Gasteiger partial charge in [0, 0.05) is 28.6 Å². The molecule has 0 spiro atoms. The zero-order valence-electron chi connectivity index (χ0n) is 19.2. The minimum atomic E-state index is -0.00509. The molecule has 5 rings (SSSR count). The summed E-state index contributed by atoms with van der Waals surface area (Å²) in [7, 11) is 1.69. The van der Waals surface area contributed by atoms with Gasteiger partial charge in [0.1, 0.15) is 5.75 Å². The Bertz CT molecular complexity index is 1170. The molecule has 0 amide bonds. The lowest BCUT2D eigenvalue weighted by atomic mass is 9.95. The molecule has 3 heterocycles. The van der Waals surface area contributed by atoms with Crippen molar-refractivity contribution in [2.24, 2.45) is 0 Å². The highest BCUT2D eigenvalue weighted by molar-refractivity contribution is 7.80. The summed E-state index contributed by atoms with van der Waals surface area (Å²) in [6.45, 7) is 4.31. The van der Waals surface area contributed by atoms with Gasteiger partial charge in [-0.3, -0.25) is 4.98 Å². The normalized spacial score (nSPS) is 21.0. The van der Waals surface area contributed by atoms with Crippen LogP contribution in [0, 0.1) is 13.8 Å². The molecule has 1 N–H and O–H groups in total. The van der Waals surface area contributed by atoms with E-state index in [9.17, 15) is 0 Å². The molecule has 172 valence electrons. The van der Waals surface area contributed by atoms with Gasteiger partial charge in [-0.25, -0.2) is 0 Å². The number of pyridine rings is 1. The molecule has 2 fully saturated rings. The van der Waals surface area contributed by atoms with Crippen LogP contribution in [0.15, 0.2) is 48.7 Å². The van der Waals surface area contributed by atoms with Crippen LogP contribution in [0.2, 0.25) is 5.02 Å². The van der Waals surface area contributed by atoms with Gasteiger partial charge in [0.2, 0.25) is 0 Å². The lowest BCUT2D eigenvalue weighted by Crippen LogP contribution is -2.37. The van der Waals surface area contributed by atoms with E-state index in [0.29, 0.717) is 11.1 Å². The second-order valence-electron chi connectivity index (χ2n) is 8.95. The summed E-state index contributed by atoms with van der Waals surface area (Å²) in [5, 5.41) is 5.12. The van der Waals surface area contributed by atoms with Crippen LogP contribution in [0.4, 0.5) is 0 Å². The van der Waals surface area contributed by atoms with Gasteiger partial charge < -0.3 is 19.5 Å². The first-order valence-corrected chi connectivity index (χ1v) is 12.3. The van der Waals surface area contributed by atoms with Gasteiger partial charge in [-0.2, -0.15) is 0 Å². The minimum Gasteiger partial charge on any atom is -0.495 e. The molecule has 0 bridgehead atoms. The van der Waals surface area contributed by atoms with Crippen LogP contribution >= 0.6 is 23.8 Å². The molecule has 7 heteroatoms. The Labute approximate surface area is 205 Å². The average Bonchev–Trinajstić information content (AvgIpc) is 3.52. The molecular weight excluding hydrogens is 452 g/mol. The number of aryl methyl sites for hydroxylation is 1. The lowest BCUT2D eigenvalue weighted by Gasteiger charge is -2.33. The minimum absolute atomic E-state index is 0.00509. The Morgan fingerprint density at radius 3 is 2.61 bits per heavy atom. The van der Waals surface area contributed by atoms with Crippen molar-refractivity contribution in [2.75, 3.05) is 7.11 Å². The van der Waals surface area contributed by atoms with E-state index in [4.69, 9.17) is 33.5 Å². The van der Waals surface area contributed by atoms with E-state index in [1.165, 1.54) is 31.2 Å². The van der Waals surface area contributed by atoms with Crippen LogP contribution in [-0.4, -0.2) is 32.7 Å². The van der Waals surface area contributed by atoms with Crippen LogP contribution in [0.5, 0.6) is 5.75 Å². The van der Waals surface area contributed by atoms with Crippen molar-refractivity contribution in [3.05, 3.63) is 76.3 Å². The van der Waals surface area contributed by atoms with Gasteiger partial charge in [-0.1, -0.05) is 30.5 Å². The predicted octanol–water partition coefficient (Wildman–Crippen LogP) is 6.07. The van der Waals surface area contributed by atoms with Crippen LogP contribution in [0.25, 0.3) is 5.69 Å². The largest absolute Gasteiger partial charge is 0.495 e. The number of aromatic nitrogens is 2. The van der Waals surface area contributed by atoms with Crippen LogP contribution in [-0.2, 0) is 0 Å². The summed E-state index contributed by atoms with van der Waals surface area (Å²) in [6, 6.07) is 14.6. The third-order valence-corrected chi connectivity index (χ3v) is 7.59. The number of rotatable bonds is 5. The fourth-order valence-electron chi connectivity index (χ4n) is 5.57. The molecule has 5 nitrogen and oxygen atoms in total. The highest BCUT2D eigenvalue weighted by Gasteiger charge is 2.44. The quantitative estimate of drug-likeness (QED) is 0.449. The summed E-state index contributed by atoms with van der Waals surface area (Å²) in [4.78, 5) is 7.14. The maximum Gasteiger partial charge on any atom is 0.170 e. The molecule has 0 radical (unpaired) electrons. The van der Waals surface area contributed by atoms with Gasteiger partial charge in [0.05, 0.1) is 30.6 Å². The van der Waals surface area contributed by atoms with Crippen molar-refractivity contribution >= 4 is 28.9 Å². The highest BCUT2D eigenvalue weighted by atomic mass is 35.5. The second kappa shape index (κ2) is 8.99. The summed E-state index contributed by atoms with van der Waals surface area (Å²) >= 11 is 12.3. The monoisotopic (exact) mass is 480 g/mol. The SMILES string of the molecule is COc1ccc(Cl)cc1-n1c(C)cc([C@@H]2[C@H](c3ccccn3)NC(=S)N2C2CCCC2)c1C. The zero-order valence-corrected chi connectivity index (χ0v) is 20.8. The molecular formula is C26H29ClN4OS. The fourth-order valence-corrected chi connectivity index (χ4v) is 6.13. The van der Waals surface area contributed by atoms with Crippen molar-refractivity contribution in [2.45, 2.75) is 57.7 Å². The van der Waals surface area contributed by atoms with Crippen LogP contribution in [0.3, 0.4) is 0 Å². The van der Waals surface area contributed by atoms with Crippen molar-refractivity contribution in [1.82, 2.24) is 19.8 Å². The third-order valence-electron chi connectivity index (χ3n) is 7.02. The zero-order chi connectivity index (χ0) is 23.1. The topological polar surface area (TPSA) is 42.3 Å². The molecule has 33 heavy (non-hydrogen) atoms. The van der Waals surface area contributed by atoms with Gasteiger partial charge in [-0.15, -0.1) is 0 Å². The fraction of sp³-hybridized carbons (Fsp3) is 0.385. The second-order valence-corrected chi connectivity index (χ2v) is 9.77. The number of nitrogens with one attached hydrogen (secondary N) is 1. The van der Waals surface area contributed by atoms with E-state index in [0.717, 1.165) is 33.6 Å². The number of hydrogen-bond donors (Lipinski definition) is 1. The number of methoxy groups -OCH3 is 1. The van der Waals surface area contributed by atoms with Gasteiger partial charge >= 0.3 is 0 Å². The molecule has 2 aromatic heterocycles. The molecule has 0 unspecified atom stereocenters. The Kier molecular flexibility index (Phi) is 6.06. The van der Waals surface area contributed by atoms with Crippen molar-refractivity contribution in [1.29, 1.82) is 0 Å². The molecule has 1 aromatic carbocycles. The van der Waals surface area contributed by atoms with E-state index in [1.807, 2.05) is 36.5 Å². The number of benzene rings is 1. The van der Waals surface area contributed by atoms with Crippen LogP contribution < -0.4 is 10.1 Å². The molecule has 2 aliphatic rings. The van der Waals surface area contributed by atoms with Crippen molar-refractivity contribution in [3.63, 3.8) is 0 Å². The van der Waals surface area contributed by atoms with Gasteiger partial charge in [0.25, 0.3) is 0 Å². The maximum absolute atomic E-state index is 6.38. The number of thiocarbonyl (C=S) groups is 1. The first-order chi connectivity index (χ1) is 16.0. The molecule has 1 saturated heterocycles. The van der Waals surface area contributed by atoms with Crippen molar-refractivity contribution < 1.29 is 4.74 Å². The summed E-state index contributed by atoms with van der Waals surface area (Å²) < 4.78 is 7.92. The molecule has 1 aliphatic carbocycles. The van der Waals surface area contributed by atoms with E-state index < -0.39 is 0 Å². The number of ether oxygens (including phenoxy) is 1. The van der Waals surface area contributed by atoms with Crippen molar-refractivity contribution in [3.8, 4) is 11.4 Å². The van der Waals surface area contributed by atoms with Gasteiger partial charge in [0.15, 0.2) is 5.11 Å². The van der Waals surface area contributed by atoms with Crippen LogP contribution in [0.1, 0.15) is 60.4 Å². The third kappa shape index (κ3) is 3.89. The molecule has 3 aromatic rings. The number of nitrogens with zero attached hydrogens (tertiary/aromatic N) is 3. The standard InChI is InChI=1S/C26H29ClN4OS/c1-16-14-20(17(2)30(16)22-15-18(27)11-12-23(22)32-3)25-24(21-10-6-7-13-28-21)29-26(33)31(25)19-8-4-5-9-19/h6-7,10-15,19,24-25H,4-5,8-9H2,1-3H3,(H,29,33)/t24-,25+/m0/s1. The molecule has 1 aliphatic heterocycles. The van der Waals surface area contributed by atoms with E-state index in [1.54, 1.807) is 7.11 Å². The smallest absolute Gasteiger partial charge is 0.170 e. The Balaban J connectivity index is 1.66. The summed E-state index contributed by atoms with van der Waals surface area (Å²) in [5.74, 6) is 0.793. The Morgan fingerprint density at radius 1 is 1.12 bits per heavy atom. The first kappa shape index (κ1) is 22.2. The Hall–Kier alpha value is -2.57. The van der Waals surface area contributed by atoms with E-state index in [-0.39, 0.29) is 12.1 Å². The molecule has 2 atom stereocenters. The highest BCUT2D eigenvalue weighted by Crippen LogP contribution is 2.45.